The van der Waals surface area contributed by atoms with Crippen molar-refractivity contribution < 1.29 is 9.60 Å². The average molecular weight is 143 g/mol. The lowest BCUT2D eigenvalue weighted by Gasteiger charge is -1.78. The van der Waals surface area contributed by atoms with E-state index in [2.05, 4.69) is 0 Å². The monoisotopic (exact) mass is 143 g/mol. The van der Waals surface area contributed by atoms with E-state index in [-0.39, 0.29) is 5.82 Å². The van der Waals surface area contributed by atoms with Gasteiger partial charge < -0.3 is 5.21 Å². The van der Waals surface area contributed by atoms with E-state index in [9.17, 15) is 4.39 Å². The second-order valence-electron chi connectivity index (χ2n) is 1.52. The molecule has 0 saturated heterocycles. The van der Waals surface area contributed by atoms with Crippen molar-refractivity contribution in [2.24, 2.45) is 0 Å². The van der Waals surface area contributed by atoms with E-state index in [4.69, 9.17) is 5.21 Å². The Labute approximate surface area is 59.3 Å². The molecule has 0 atom stereocenters. The van der Waals surface area contributed by atoms with Crippen molar-refractivity contribution in [2.75, 3.05) is 7.05 Å². The molecule has 56 valence electrons. The molecule has 10 heavy (non-hydrogen) atoms. The number of benzene rings is 1. The number of hydrogen-bond donors (Lipinski definition) is 2. The normalized spacial score (nSPS) is 7.90. The minimum absolute atomic E-state index is 0.178. The molecule has 0 aliphatic heterocycles. The Morgan fingerprint density at radius 1 is 1.30 bits per heavy atom. The molecular weight excluding hydrogens is 133 g/mol. The molecule has 2 N–H and O–H groups in total. The molecule has 0 aromatic heterocycles. The fourth-order valence-corrected chi connectivity index (χ4v) is 0.415. The van der Waals surface area contributed by atoms with Crippen LogP contribution < -0.4 is 5.48 Å². The van der Waals surface area contributed by atoms with Crippen LogP contribution in [0.1, 0.15) is 0 Å². The molecule has 0 aliphatic carbocycles. The van der Waals surface area contributed by atoms with Crippen LogP contribution in [0.25, 0.3) is 0 Å². The Morgan fingerprint density at radius 2 is 1.70 bits per heavy atom. The molecule has 0 amide bonds. The summed E-state index contributed by atoms with van der Waals surface area (Å²) in [5.74, 6) is -0.178. The number of hydroxylamine groups is 1. The second-order valence-corrected chi connectivity index (χ2v) is 1.52. The van der Waals surface area contributed by atoms with E-state index in [0.717, 1.165) is 0 Å². The maximum atomic E-state index is 11.9. The maximum Gasteiger partial charge on any atom is 0.123 e. The maximum absolute atomic E-state index is 11.9. The molecule has 0 bridgehead atoms. The fourth-order valence-electron chi connectivity index (χ4n) is 0.415. The van der Waals surface area contributed by atoms with Crippen LogP contribution in [0, 0.1) is 5.82 Å². The number of nitrogens with one attached hydrogen (secondary N) is 1. The second kappa shape index (κ2) is 6.19. The molecule has 1 aromatic rings. The lowest BCUT2D eigenvalue weighted by Crippen LogP contribution is -1.91. The molecule has 0 spiro atoms. The number of rotatable bonds is 0. The third kappa shape index (κ3) is 5.21. The highest BCUT2D eigenvalue weighted by Gasteiger charge is 1.77. The van der Waals surface area contributed by atoms with Crippen molar-refractivity contribution in [1.29, 1.82) is 0 Å². The lowest BCUT2D eigenvalue weighted by atomic mass is 10.4. The van der Waals surface area contributed by atoms with Crippen LogP contribution in [0.3, 0.4) is 0 Å². The Bertz CT molecular complexity index is 155. The summed E-state index contributed by atoms with van der Waals surface area (Å²) in [5, 5.41) is 7.32. The first kappa shape index (κ1) is 9.07. The molecule has 0 heterocycles. The van der Waals surface area contributed by atoms with Crippen LogP contribution in [0.4, 0.5) is 4.39 Å². The van der Waals surface area contributed by atoms with Crippen molar-refractivity contribution in [3.05, 3.63) is 36.1 Å². The van der Waals surface area contributed by atoms with E-state index < -0.39 is 0 Å². The van der Waals surface area contributed by atoms with Gasteiger partial charge in [0.05, 0.1) is 0 Å². The van der Waals surface area contributed by atoms with Gasteiger partial charge in [0.25, 0.3) is 0 Å². The van der Waals surface area contributed by atoms with E-state index in [0.29, 0.717) is 0 Å². The Hall–Kier alpha value is -0.930. The molecule has 0 aliphatic rings. The first-order valence-corrected chi connectivity index (χ1v) is 2.82. The molecule has 2 nitrogen and oxygen atoms in total. The van der Waals surface area contributed by atoms with Gasteiger partial charge in [0, 0.05) is 7.05 Å². The van der Waals surface area contributed by atoms with Crippen molar-refractivity contribution in [3.8, 4) is 0 Å². The molecule has 0 unspecified atom stereocenters. The molecule has 1 rings (SSSR count). The first-order chi connectivity index (χ1) is 4.81. The van der Waals surface area contributed by atoms with Crippen LogP contribution in [0.2, 0.25) is 0 Å². The highest BCUT2D eigenvalue weighted by Crippen LogP contribution is 1.91. The van der Waals surface area contributed by atoms with Gasteiger partial charge in [0.2, 0.25) is 0 Å². The smallest absolute Gasteiger partial charge is 0.123 e. The minimum Gasteiger partial charge on any atom is -0.317 e. The van der Waals surface area contributed by atoms with Gasteiger partial charge >= 0.3 is 0 Å². The highest BCUT2D eigenvalue weighted by molar-refractivity contribution is 5.02. The van der Waals surface area contributed by atoms with Crippen molar-refractivity contribution in [1.82, 2.24) is 5.48 Å². The van der Waals surface area contributed by atoms with E-state index in [1.54, 1.807) is 23.7 Å². The fraction of sp³-hybridized carbons (Fsp3) is 0.143. The third-order valence-electron chi connectivity index (χ3n) is 0.733. The van der Waals surface area contributed by atoms with Crippen LogP contribution in [0.5, 0.6) is 0 Å². The molecule has 3 heteroatoms. The van der Waals surface area contributed by atoms with Gasteiger partial charge in [0.15, 0.2) is 0 Å². The van der Waals surface area contributed by atoms with Gasteiger partial charge in [-0.3, -0.25) is 0 Å². The Balaban J connectivity index is 0.000000236. The van der Waals surface area contributed by atoms with Crippen LogP contribution >= 0.6 is 0 Å². The van der Waals surface area contributed by atoms with Crippen molar-refractivity contribution in [3.63, 3.8) is 0 Å². The van der Waals surface area contributed by atoms with Gasteiger partial charge in [-0.1, -0.05) is 18.2 Å². The summed E-state index contributed by atoms with van der Waals surface area (Å²) < 4.78 is 11.9. The summed E-state index contributed by atoms with van der Waals surface area (Å²) in [4.78, 5) is 0. The van der Waals surface area contributed by atoms with Crippen LogP contribution in [-0.2, 0) is 0 Å². The summed E-state index contributed by atoms with van der Waals surface area (Å²) in [5.41, 5.74) is 1.75. The number of halogens is 1. The lowest BCUT2D eigenvalue weighted by molar-refractivity contribution is 0.194. The van der Waals surface area contributed by atoms with Crippen LogP contribution in [-0.4, -0.2) is 12.3 Å². The standard InChI is InChI=1S/C6H5F.CH5NO/c7-6-4-2-1-3-5-6;1-2-3/h1-5H;2-3H,1H3. The SMILES string of the molecule is CNO.Fc1ccccc1. The van der Waals surface area contributed by atoms with E-state index in [1.807, 2.05) is 0 Å². The van der Waals surface area contributed by atoms with Gasteiger partial charge in [-0.05, 0) is 12.1 Å². The zero-order chi connectivity index (χ0) is 7.82. The summed E-state index contributed by atoms with van der Waals surface area (Å²) in [6.45, 7) is 0. The quantitative estimate of drug-likeness (QED) is 0.538. The first-order valence-electron chi connectivity index (χ1n) is 2.82. The molecular formula is C7H10FNO. The Morgan fingerprint density at radius 3 is 1.90 bits per heavy atom. The summed E-state index contributed by atoms with van der Waals surface area (Å²) >= 11 is 0. The van der Waals surface area contributed by atoms with Crippen LogP contribution in [0.15, 0.2) is 30.3 Å². The van der Waals surface area contributed by atoms with Crippen molar-refractivity contribution >= 4 is 0 Å². The predicted molar refractivity (Wildman–Crippen MR) is 37.2 cm³/mol. The molecule has 0 saturated carbocycles. The van der Waals surface area contributed by atoms with Gasteiger partial charge in [-0.2, -0.15) is 0 Å². The van der Waals surface area contributed by atoms with Crippen molar-refractivity contribution in [2.45, 2.75) is 0 Å². The average Bonchev–Trinajstić information content (AvgIpc) is 1.91. The summed E-state index contributed by atoms with van der Waals surface area (Å²) in [7, 11) is 1.43. The zero-order valence-electron chi connectivity index (χ0n) is 5.71. The topological polar surface area (TPSA) is 32.3 Å². The third-order valence-corrected chi connectivity index (χ3v) is 0.733. The zero-order valence-corrected chi connectivity index (χ0v) is 5.71. The van der Waals surface area contributed by atoms with Gasteiger partial charge in [0.1, 0.15) is 5.82 Å². The van der Waals surface area contributed by atoms with Gasteiger partial charge in [-0.25, -0.2) is 9.87 Å². The Kier molecular flexibility index (Phi) is 5.62. The van der Waals surface area contributed by atoms with E-state index in [1.165, 1.54) is 19.2 Å². The summed E-state index contributed by atoms with van der Waals surface area (Å²) in [6, 6.07) is 7.94. The molecule has 0 fully saturated rings. The molecule has 1 aromatic carbocycles. The largest absolute Gasteiger partial charge is 0.317 e. The van der Waals surface area contributed by atoms with E-state index >= 15 is 0 Å². The summed E-state index contributed by atoms with van der Waals surface area (Å²) in [6.07, 6.45) is 0. The predicted octanol–water partition coefficient (Wildman–Crippen LogP) is 1.42. The highest BCUT2D eigenvalue weighted by atomic mass is 19.1. The minimum atomic E-state index is -0.178. The number of hydrogen-bond acceptors (Lipinski definition) is 2. The molecule has 0 radical (unpaired) electrons. The van der Waals surface area contributed by atoms with Gasteiger partial charge in [-0.15, -0.1) is 0 Å².